The zero-order valence-electron chi connectivity index (χ0n) is 7.49. The summed E-state index contributed by atoms with van der Waals surface area (Å²) >= 11 is 0. The Labute approximate surface area is 73.2 Å². The summed E-state index contributed by atoms with van der Waals surface area (Å²) in [6, 6.07) is 9.97. The van der Waals surface area contributed by atoms with Gasteiger partial charge in [0, 0.05) is 0 Å². The second-order valence-electron chi connectivity index (χ2n) is 2.92. The zero-order valence-corrected chi connectivity index (χ0v) is 7.49. The molecule has 0 heterocycles. The Hall–Kier alpha value is -0.860. The highest BCUT2D eigenvalue weighted by molar-refractivity contribution is 5.19. The van der Waals surface area contributed by atoms with E-state index in [0.717, 1.165) is 5.56 Å². The van der Waals surface area contributed by atoms with Crippen LogP contribution in [0.2, 0.25) is 0 Å². The lowest BCUT2D eigenvalue weighted by atomic mass is 10.0. The molecule has 66 valence electrons. The molecular weight excluding hydrogens is 150 g/mol. The first-order valence-electron chi connectivity index (χ1n) is 4.16. The first-order chi connectivity index (χ1) is 5.75. The van der Waals surface area contributed by atoms with Crippen LogP contribution in [-0.4, -0.2) is 18.3 Å². The highest BCUT2D eigenvalue weighted by atomic mass is 16.3. The van der Waals surface area contributed by atoms with E-state index in [1.807, 2.05) is 37.4 Å². The van der Waals surface area contributed by atoms with Crippen LogP contribution in [0.15, 0.2) is 30.3 Å². The van der Waals surface area contributed by atoms with Gasteiger partial charge in [0.2, 0.25) is 0 Å². The molecule has 0 saturated heterocycles. The summed E-state index contributed by atoms with van der Waals surface area (Å²) in [6.07, 6.45) is -0.364. The van der Waals surface area contributed by atoms with Crippen LogP contribution in [0.1, 0.15) is 18.5 Å². The van der Waals surface area contributed by atoms with Gasteiger partial charge in [0.15, 0.2) is 0 Å². The first-order valence-corrected chi connectivity index (χ1v) is 4.16. The minimum atomic E-state index is -0.364. The molecule has 2 heteroatoms. The molecule has 0 bridgehead atoms. The second-order valence-corrected chi connectivity index (χ2v) is 2.92. The van der Waals surface area contributed by atoms with E-state index in [9.17, 15) is 5.11 Å². The molecule has 0 aliphatic rings. The molecule has 2 atom stereocenters. The van der Waals surface area contributed by atoms with E-state index in [-0.39, 0.29) is 12.1 Å². The van der Waals surface area contributed by atoms with Crippen LogP contribution < -0.4 is 5.32 Å². The Bertz CT molecular complexity index is 221. The molecule has 2 nitrogen and oxygen atoms in total. The Morgan fingerprint density at radius 1 is 1.25 bits per heavy atom. The molecule has 12 heavy (non-hydrogen) atoms. The highest BCUT2D eigenvalue weighted by Gasteiger charge is 2.13. The SMILES string of the molecule is CN[C@@H](c1ccccc1)[C@@H](C)O. The Morgan fingerprint density at radius 3 is 2.25 bits per heavy atom. The maximum Gasteiger partial charge on any atom is 0.0706 e. The molecule has 1 aromatic rings. The molecule has 1 aromatic carbocycles. The van der Waals surface area contributed by atoms with Crippen molar-refractivity contribution in [1.82, 2.24) is 5.32 Å². The van der Waals surface area contributed by atoms with Crippen molar-refractivity contribution in [2.24, 2.45) is 0 Å². The van der Waals surface area contributed by atoms with Crippen LogP contribution >= 0.6 is 0 Å². The predicted octanol–water partition coefficient (Wildman–Crippen LogP) is 1.33. The molecule has 0 spiro atoms. The lowest BCUT2D eigenvalue weighted by Gasteiger charge is -2.19. The third-order valence-corrected chi connectivity index (χ3v) is 1.95. The van der Waals surface area contributed by atoms with E-state index < -0.39 is 0 Å². The number of aliphatic hydroxyl groups excluding tert-OH is 1. The van der Waals surface area contributed by atoms with E-state index in [1.165, 1.54) is 0 Å². The summed E-state index contributed by atoms with van der Waals surface area (Å²) in [5.41, 5.74) is 1.12. The lowest BCUT2D eigenvalue weighted by molar-refractivity contribution is 0.150. The van der Waals surface area contributed by atoms with E-state index >= 15 is 0 Å². The van der Waals surface area contributed by atoms with Gasteiger partial charge in [-0.3, -0.25) is 0 Å². The third kappa shape index (κ3) is 2.06. The summed E-state index contributed by atoms with van der Waals surface area (Å²) in [5.74, 6) is 0. The maximum absolute atomic E-state index is 9.40. The summed E-state index contributed by atoms with van der Waals surface area (Å²) in [7, 11) is 1.85. The van der Waals surface area contributed by atoms with Gasteiger partial charge in [-0.2, -0.15) is 0 Å². The van der Waals surface area contributed by atoms with Gasteiger partial charge in [-0.15, -0.1) is 0 Å². The first kappa shape index (κ1) is 9.23. The van der Waals surface area contributed by atoms with Crippen LogP contribution in [0.4, 0.5) is 0 Å². The minimum absolute atomic E-state index is 0.0335. The van der Waals surface area contributed by atoms with Crippen molar-refractivity contribution < 1.29 is 5.11 Å². The van der Waals surface area contributed by atoms with Gasteiger partial charge in [-0.1, -0.05) is 30.3 Å². The average Bonchev–Trinajstić information content (AvgIpc) is 2.07. The van der Waals surface area contributed by atoms with Gasteiger partial charge in [0.05, 0.1) is 12.1 Å². The third-order valence-electron chi connectivity index (χ3n) is 1.95. The van der Waals surface area contributed by atoms with Crippen LogP contribution in [0.25, 0.3) is 0 Å². The molecule has 0 aromatic heterocycles. The number of rotatable bonds is 3. The van der Waals surface area contributed by atoms with Gasteiger partial charge in [0.25, 0.3) is 0 Å². The maximum atomic E-state index is 9.40. The van der Waals surface area contributed by atoms with Crippen LogP contribution in [-0.2, 0) is 0 Å². The molecule has 0 amide bonds. The van der Waals surface area contributed by atoms with Gasteiger partial charge in [0.1, 0.15) is 0 Å². The predicted molar refractivity (Wildman–Crippen MR) is 49.9 cm³/mol. The fraction of sp³-hybridized carbons (Fsp3) is 0.400. The summed E-state index contributed by atoms with van der Waals surface area (Å²) in [6.45, 7) is 1.79. The number of hydrogen-bond donors (Lipinski definition) is 2. The number of aliphatic hydroxyl groups is 1. The zero-order chi connectivity index (χ0) is 8.97. The van der Waals surface area contributed by atoms with Gasteiger partial charge in [-0.05, 0) is 19.5 Å². The van der Waals surface area contributed by atoms with Crippen molar-refractivity contribution in [1.29, 1.82) is 0 Å². The summed E-state index contributed by atoms with van der Waals surface area (Å²) < 4.78 is 0. The minimum Gasteiger partial charge on any atom is -0.391 e. The van der Waals surface area contributed by atoms with Gasteiger partial charge >= 0.3 is 0 Å². The Kier molecular flexibility index (Phi) is 3.26. The summed E-state index contributed by atoms with van der Waals surface area (Å²) in [4.78, 5) is 0. The van der Waals surface area contributed by atoms with E-state index in [0.29, 0.717) is 0 Å². The molecular formula is C10H15NO. The van der Waals surface area contributed by atoms with E-state index in [2.05, 4.69) is 5.32 Å². The van der Waals surface area contributed by atoms with Crippen LogP contribution in [0.5, 0.6) is 0 Å². The molecule has 0 aliphatic carbocycles. The second kappa shape index (κ2) is 4.24. The number of likely N-dealkylation sites (N-methyl/N-ethyl adjacent to an activating group) is 1. The molecule has 2 N–H and O–H groups in total. The fourth-order valence-corrected chi connectivity index (χ4v) is 1.35. The van der Waals surface area contributed by atoms with Crippen molar-refractivity contribution in [3.63, 3.8) is 0 Å². The standard InChI is InChI=1S/C10H15NO/c1-8(12)10(11-2)9-6-4-3-5-7-9/h3-8,10-12H,1-2H3/t8-,10-/m1/s1. The molecule has 0 unspecified atom stereocenters. The Balaban J connectivity index is 2.80. The van der Waals surface area contributed by atoms with Crippen molar-refractivity contribution in [2.75, 3.05) is 7.05 Å². The van der Waals surface area contributed by atoms with Crippen molar-refractivity contribution >= 4 is 0 Å². The topological polar surface area (TPSA) is 32.3 Å². The van der Waals surface area contributed by atoms with E-state index in [4.69, 9.17) is 0 Å². The lowest BCUT2D eigenvalue weighted by Crippen LogP contribution is -2.26. The number of hydrogen-bond acceptors (Lipinski definition) is 2. The van der Waals surface area contributed by atoms with Gasteiger partial charge in [-0.25, -0.2) is 0 Å². The van der Waals surface area contributed by atoms with E-state index in [1.54, 1.807) is 6.92 Å². The van der Waals surface area contributed by atoms with Crippen LogP contribution in [0, 0.1) is 0 Å². The quantitative estimate of drug-likeness (QED) is 0.708. The fourth-order valence-electron chi connectivity index (χ4n) is 1.35. The summed E-state index contributed by atoms with van der Waals surface area (Å²) in [5, 5.41) is 12.5. The number of nitrogens with one attached hydrogen (secondary N) is 1. The number of benzene rings is 1. The molecule has 1 rings (SSSR count). The smallest absolute Gasteiger partial charge is 0.0706 e. The molecule has 0 fully saturated rings. The van der Waals surface area contributed by atoms with Crippen molar-refractivity contribution in [3.8, 4) is 0 Å². The Morgan fingerprint density at radius 2 is 1.83 bits per heavy atom. The molecule has 0 saturated carbocycles. The monoisotopic (exact) mass is 165 g/mol. The van der Waals surface area contributed by atoms with Gasteiger partial charge < -0.3 is 10.4 Å². The highest BCUT2D eigenvalue weighted by Crippen LogP contribution is 2.15. The van der Waals surface area contributed by atoms with Crippen LogP contribution in [0.3, 0.4) is 0 Å². The molecule has 0 radical (unpaired) electrons. The average molecular weight is 165 g/mol. The normalized spacial score (nSPS) is 15.6. The van der Waals surface area contributed by atoms with Crippen molar-refractivity contribution in [2.45, 2.75) is 19.1 Å². The largest absolute Gasteiger partial charge is 0.391 e. The van der Waals surface area contributed by atoms with Crippen molar-refractivity contribution in [3.05, 3.63) is 35.9 Å². The molecule has 0 aliphatic heterocycles.